The molecule has 0 atom stereocenters. The molecule has 0 amide bonds. The van der Waals surface area contributed by atoms with E-state index < -0.39 is 0 Å². The molecule has 0 bridgehead atoms. The largest absolute Gasteiger partial charge is 0.494 e. The molecule has 25 heavy (non-hydrogen) atoms. The molecular weight excluding hydrogens is 318 g/mol. The summed E-state index contributed by atoms with van der Waals surface area (Å²) in [5, 5.41) is 4.17. The Morgan fingerprint density at radius 1 is 0.960 bits per heavy atom. The van der Waals surface area contributed by atoms with Crippen LogP contribution in [-0.2, 0) is 0 Å². The third kappa shape index (κ3) is 3.57. The molecule has 0 unspecified atom stereocenters. The first kappa shape index (κ1) is 16.8. The van der Waals surface area contributed by atoms with E-state index in [2.05, 4.69) is 22.2 Å². The van der Waals surface area contributed by atoms with Crippen LogP contribution in [0.25, 0.3) is 10.9 Å². The summed E-state index contributed by atoms with van der Waals surface area (Å²) in [4.78, 5) is 8.69. The minimum Gasteiger partial charge on any atom is -0.494 e. The highest BCUT2D eigenvalue weighted by Crippen LogP contribution is 2.36. The molecule has 6 nitrogen and oxygen atoms in total. The number of anilines is 2. The van der Waals surface area contributed by atoms with Gasteiger partial charge < -0.3 is 19.5 Å². The summed E-state index contributed by atoms with van der Waals surface area (Å²) in [7, 11) is 3.20. The zero-order valence-corrected chi connectivity index (χ0v) is 14.6. The fourth-order valence-corrected chi connectivity index (χ4v) is 2.53. The van der Waals surface area contributed by atoms with Crippen molar-refractivity contribution in [1.82, 2.24) is 9.97 Å². The summed E-state index contributed by atoms with van der Waals surface area (Å²) in [6, 6.07) is 11.5. The fraction of sp³-hybridized carbons (Fsp3) is 0.263. The minimum absolute atomic E-state index is 0.591. The Hall–Kier alpha value is -3.02. The summed E-state index contributed by atoms with van der Waals surface area (Å²) in [6.45, 7) is 2.80. The van der Waals surface area contributed by atoms with Gasteiger partial charge in [-0.1, -0.05) is 6.92 Å². The lowest BCUT2D eigenvalue weighted by Gasteiger charge is -2.13. The van der Waals surface area contributed by atoms with Crippen LogP contribution in [0.2, 0.25) is 0 Å². The number of hydrogen-bond donors (Lipinski definition) is 1. The van der Waals surface area contributed by atoms with Gasteiger partial charge in [0.05, 0.1) is 20.8 Å². The number of aromatic nitrogens is 2. The van der Waals surface area contributed by atoms with Gasteiger partial charge in [-0.3, -0.25) is 0 Å². The van der Waals surface area contributed by atoms with Gasteiger partial charge in [0.15, 0.2) is 11.5 Å². The van der Waals surface area contributed by atoms with E-state index in [-0.39, 0.29) is 0 Å². The molecule has 0 spiro atoms. The van der Waals surface area contributed by atoms with Gasteiger partial charge in [0.1, 0.15) is 23.4 Å². The molecule has 3 rings (SSSR count). The zero-order valence-electron chi connectivity index (χ0n) is 14.6. The lowest BCUT2D eigenvalue weighted by Crippen LogP contribution is -1.99. The van der Waals surface area contributed by atoms with E-state index >= 15 is 0 Å². The molecule has 1 N–H and O–H groups in total. The number of rotatable bonds is 7. The molecule has 0 saturated heterocycles. The zero-order chi connectivity index (χ0) is 17.6. The van der Waals surface area contributed by atoms with Gasteiger partial charge in [-0.15, -0.1) is 0 Å². The van der Waals surface area contributed by atoms with Gasteiger partial charge in [0, 0.05) is 11.1 Å². The maximum Gasteiger partial charge on any atom is 0.187 e. The summed E-state index contributed by atoms with van der Waals surface area (Å²) in [5.74, 6) is 2.78. The Morgan fingerprint density at radius 2 is 1.76 bits per heavy atom. The molecule has 0 fully saturated rings. The molecule has 0 aliphatic carbocycles. The molecule has 0 radical (unpaired) electrons. The second-order valence-corrected chi connectivity index (χ2v) is 5.42. The van der Waals surface area contributed by atoms with Crippen molar-refractivity contribution >= 4 is 22.4 Å². The third-order valence-corrected chi connectivity index (χ3v) is 3.74. The Balaban J connectivity index is 1.91. The van der Waals surface area contributed by atoms with Gasteiger partial charge >= 0.3 is 0 Å². The smallest absolute Gasteiger partial charge is 0.187 e. The number of hydrogen-bond acceptors (Lipinski definition) is 6. The van der Waals surface area contributed by atoms with E-state index in [1.165, 1.54) is 6.33 Å². The van der Waals surface area contributed by atoms with Crippen molar-refractivity contribution in [3.63, 3.8) is 0 Å². The molecule has 130 valence electrons. The molecule has 6 heteroatoms. The van der Waals surface area contributed by atoms with Crippen molar-refractivity contribution in [3.8, 4) is 17.2 Å². The van der Waals surface area contributed by atoms with Crippen LogP contribution in [0, 0.1) is 0 Å². The van der Waals surface area contributed by atoms with Crippen LogP contribution in [0.15, 0.2) is 42.7 Å². The van der Waals surface area contributed by atoms with Crippen LogP contribution < -0.4 is 19.5 Å². The average Bonchev–Trinajstić information content (AvgIpc) is 2.66. The molecular formula is C19H21N3O3. The molecule has 3 aromatic rings. The molecule has 2 aromatic carbocycles. The van der Waals surface area contributed by atoms with E-state index in [1.807, 2.05) is 36.4 Å². The monoisotopic (exact) mass is 339 g/mol. The van der Waals surface area contributed by atoms with Crippen LogP contribution in [0.5, 0.6) is 17.2 Å². The van der Waals surface area contributed by atoms with Crippen LogP contribution in [0.1, 0.15) is 13.3 Å². The highest BCUT2D eigenvalue weighted by Gasteiger charge is 2.13. The van der Waals surface area contributed by atoms with Gasteiger partial charge in [0.25, 0.3) is 0 Å². The third-order valence-electron chi connectivity index (χ3n) is 3.74. The van der Waals surface area contributed by atoms with Gasteiger partial charge in [-0.2, -0.15) is 0 Å². The Labute approximate surface area is 146 Å². The predicted octanol–water partition coefficient (Wildman–Crippen LogP) is 4.18. The first-order valence-corrected chi connectivity index (χ1v) is 8.12. The fourth-order valence-electron chi connectivity index (χ4n) is 2.53. The molecule has 0 aliphatic rings. The second kappa shape index (κ2) is 7.70. The van der Waals surface area contributed by atoms with E-state index in [1.54, 1.807) is 14.2 Å². The lowest BCUT2D eigenvalue weighted by atomic mass is 10.2. The predicted molar refractivity (Wildman–Crippen MR) is 98.2 cm³/mol. The van der Waals surface area contributed by atoms with Crippen molar-refractivity contribution in [3.05, 3.63) is 42.7 Å². The number of nitrogens with zero attached hydrogens (tertiary/aromatic N) is 2. The number of ether oxygens (including phenoxy) is 3. The summed E-state index contributed by atoms with van der Waals surface area (Å²) in [5.41, 5.74) is 1.61. The Bertz CT molecular complexity index is 850. The van der Waals surface area contributed by atoms with Crippen LogP contribution >= 0.6 is 0 Å². The van der Waals surface area contributed by atoms with Crippen molar-refractivity contribution in [2.45, 2.75) is 13.3 Å². The van der Waals surface area contributed by atoms with Crippen LogP contribution in [-0.4, -0.2) is 30.8 Å². The second-order valence-electron chi connectivity index (χ2n) is 5.42. The van der Waals surface area contributed by atoms with Crippen molar-refractivity contribution in [2.75, 3.05) is 26.1 Å². The highest BCUT2D eigenvalue weighted by molar-refractivity contribution is 5.95. The van der Waals surface area contributed by atoms with E-state index in [4.69, 9.17) is 14.2 Å². The number of benzene rings is 2. The normalized spacial score (nSPS) is 10.5. The van der Waals surface area contributed by atoms with Gasteiger partial charge in [-0.05, 0) is 42.8 Å². The number of fused-ring (bicyclic) bond motifs is 1. The molecule has 1 aromatic heterocycles. The lowest BCUT2D eigenvalue weighted by molar-refractivity contribution is 0.317. The summed E-state index contributed by atoms with van der Waals surface area (Å²) in [6.07, 6.45) is 2.49. The SMILES string of the molecule is CCCOc1ccc(Nc2ncnc3c(OC)c(OC)ccc23)cc1. The minimum atomic E-state index is 0.591. The van der Waals surface area contributed by atoms with Crippen LogP contribution in [0.4, 0.5) is 11.5 Å². The van der Waals surface area contributed by atoms with Crippen molar-refractivity contribution in [2.24, 2.45) is 0 Å². The highest BCUT2D eigenvalue weighted by atomic mass is 16.5. The van der Waals surface area contributed by atoms with Gasteiger partial charge in [0.2, 0.25) is 0 Å². The maximum atomic E-state index is 5.60. The first-order chi connectivity index (χ1) is 12.3. The Morgan fingerprint density at radius 3 is 2.44 bits per heavy atom. The van der Waals surface area contributed by atoms with Crippen LogP contribution in [0.3, 0.4) is 0 Å². The first-order valence-electron chi connectivity index (χ1n) is 8.12. The maximum absolute atomic E-state index is 5.60. The van der Waals surface area contributed by atoms with E-state index in [9.17, 15) is 0 Å². The molecule has 0 saturated carbocycles. The van der Waals surface area contributed by atoms with E-state index in [0.717, 1.165) is 23.2 Å². The van der Waals surface area contributed by atoms with E-state index in [0.29, 0.717) is 29.4 Å². The summed E-state index contributed by atoms with van der Waals surface area (Å²) < 4.78 is 16.4. The van der Waals surface area contributed by atoms with Crippen molar-refractivity contribution in [1.29, 1.82) is 0 Å². The van der Waals surface area contributed by atoms with Gasteiger partial charge in [-0.25, -0.2) is 9.97 Å². The number of methoxy groups -OCH3 is 2. The average molecular weight is 339 g/mol. The number of nitrogens with one attached hydrogen (secondary N) is 1. The Kier molecular flexibility index (Phi) is 5.18. The van der Waals surface area contributed by atoms with Crippen molar-refractivity contribution < 1.29 is 14.2 Å². The standard InChI is InChI=1S/C19H21N3O3/c1-4-11-25-14-7-5-13(6-8-14)22-19-15-9-10-16(23-2)18(24-3)17(15)20-12-21-19/h5-10,12H,4,11H2,1-3H3,(H,20,21,22). The molecule has 0 aliphatic heterocycles. The molecule has 1 heterocycles. The topological polar surface area (TPSA) is 65.5 Å². The quantitative estimate of drug-likeness (QED) is 0.696. The summed E-state index contributed by atoms with van der Waals surface area (Å²) >= 11 is 0.